The molecule has 0 radical (unpaired) electrons. The van der Waals surface area contributed by atoms with Crippen LogP contribution in [0.2, 0.25) is 5.02 Å². The Morgan fingerprint density at radius 1 is 1.17 bits per heavy atom. The molecule has 0 saturated heterocycles. The number of benzene rings is 2. The van der Waals surface area contributed by atoms with Crippen LogP contribution in [0.25, 0.3) is 0 Å². The maximum Gasteiger partial charge on any atom is 0.228 e. The molecule has 0 heterocycles. The smallest absolute Gasteiger partial charge is 0.228 e. The largest absolute Gasteiger partial charge is 0.326 e. The first-order valence-corrected chi connectivity index (χ1v) is 9.48. The SMILES string of the molecule is CS(=O)(=O)c1cccc(NC(=O)C2CC2c2ccccc2Cl)c1. The van der Waals surface area contributed by atoms with Gasteiger partial charge >= 0.3 is 0 Å². The van der Waals surface area contributed by atoms with Crippen molar-refractivity contribution in [3.05, 3.63) is 59.1 Å². The van der Waals surface area contributed by atoms with E-state index in [1.54, 1.807) is 12.1 Å². The van der Waals surface area contributed by atoms with Crippen LogP contribution in [0.5, 0.6) is 0 Å². The molecular weight excluding hydrogens is 334 g/mol. The summed E-state index contributed by atoms with van der Waals surface area (Å²) in [6, 6.07) is 13.8. The molecule has 2 aromatic rings. The molecule has 0 spiro atoms. The minimum atomic E-state index is -3.29. The van der Waals surface area contributed by atoms with E-state index in [0.29, 0.717) is 10.7 Å². The van der Waals surface area contributed by atoms with Crippen LogP contribution in [0.3, 0.4) is 0 Å². The number of anilines is 1. The zero-order valence-corrected chi connectivity index (χ0v) is 14.1. The highest BCUT2D eigenvalue weighted by atomic mass is 35.5. The lowest BCUT2D eigenvalue weighted by Crippen LogP contribution is -2.15. The molecule has 2 atom stereocenters. The third-order valence-electron chi connectivity index (χ3n) is 3.96. The molecule has 4 nitrogen and oxygen atoms in total. The van der Waals surface area contributed by atoms with Crippen LogP contribution in [-0.2, 0) is 14.6 Å². The molecule has 1 N–H and O–H groups in total. The van der Waals surface area contributed by atoms with Crippen molar-refractivity contribution in [1.82, 2.24) is 0 Å². The molecule has 23 heavy (non-hydrogen) atoms. The molecule has 1 fully saturated rings. The van der Waals surface area contributed by atoms with Crippen molar-refractivity contribution >= 4 is 33.0 Å². The van der Waals surface area contributed by atoms with Crippen LogP contribution in [0.15, 0.2) is 53.4 Å². The predicted molar refractivity (Wildman–Crippen MR) is 90.5 cm³/mol. The highest BCUT2D eigenvalue weighted by molar-refractivity contribution is 7.90. The van der Waals surface area contributed by atoms with E-state index in [0.717, 1.165) is 18.2 Å². The van der Waals surface area contributed by atoms with Gasteiger partial charge in [0.1, 0.15) is 0 Å². The van der Waals surface area contributed by atoms with E-state index in [4.69, 9.17) is 11.6 Å². The Bertz CT molecular complexity index is 864. The second kappa shape index (κ2) is 5.98. The molecule has 0 bridgehead atoms. The quantitative estimate of drug-likeness (QED) is 0.919. The number of rotatable bonds is 4. The fraction of sp³-hybridized carbons (Fsp3) is 0.235. The Balaban J connectivity index is 1.71. The first-order chi connectivity index (χ1) is 10.9. The van der Waals surface area contributed by atoms with Gasteiger partial charge in [-0.2, -0.15) is 0 Å². The van der Waals surface area contributed by atoms with Crippen LogP contribution in [0, 0.1) is 5.92 Å². The van der Waals surface area contributed by atoms with Crippen molar-refractivity contribution in [3.63, 3.8) is 0 Å². The number of carbonyl (C=O) groups excluding carboxylic acids is 1. The Labute approximate surface area is 140 Å². The van der Waals surface area contributed by atoms with Crippen LogP contribution < -0.4 is 5.32 Å². The van der Waals surface area contributed by atoms with Gasteiger partial charge in [-0.15, -0.1) is 0 Å². The molecule has 1 aliphatic carbocycles. The van der Waals surface area contributed by atoms with Gasteiger partial charge in [-0.3, -0.25) is 4.79 Å². The summed E-state index contributed by atoms with van der Waals surface area (Å²) in [6.45, 7) is 0. The van der Waals surface area contributed by atoms with Gasteiger partial charge in [0, 0.05) is 22.9 Å². The first kappa shape index (κ1) is 16.0. The van der Waals surface area contributed by atoms with E-state index in [1.165, 1.54) is 12.1 Å². The first-order valence-electron chi connectivity index (χ1n) is 7.21. The van der Waals surface area contributed by atoms with E-state index in [2.05, 4.69) is 5.32 Å². The number of carbonyl (C=O) groups is 1. The van der Waals surface area contributed by atoms with Crippen LogP contribution in [-0.4, -0.2) is 20.6 Å². The molecule has 2 aromatic carbocycles. The third-order valence-corrected chi connectivity index (χ3v) is 5.42. The second-order valence-electron chi connectivity index (χ2n) is 5.76. The Morgan fingerprint density at radius 3 is 2.61 bits per heavy atom. The normalized spacial score (nSPS) is 20.1. The highest BCUT2D eigenvalue weighted by Gasteiger charge is 2.44. The lowest BCUT2D eigenvalue weighted by Gasteiger charge is -2.07. The van der Waals surface area contributed by atoms with Crippen molar-refractivity contribution in [2.75, 3.05) is 11.6 Å². The molecular formula is C17H16ClNO3S. The van der Waals surface area contributed by atoms with Gasteiger partial charge < -0.3 is 5.32 Å². The Hall–Kier alpha value is -1.85. The number of nitrogens with one attached hydrogen (secondary N) is 1. The monoisotopic (exact) mass is 349 g/mol. The van der Waals surface area contributed by atoms with Gasteiger partial charge in [0.2, 0.25) is 5.91 Å². The topological polar surface area (TPSA) is 63.2 Å². The van der Waals surface area contributed by atoms with Gasteiger partial charge in [0.15, 0.2) is 9.84 Å². The van der Waals surface area contributed by atoms with E-state index in [9.17, 15) is 13.2 Å². The zero-order chi connectivity index (χ0) is 16.6. The third kappa shape index (κ3) is 3.57. The summed E-state index contributed by atoms with van der Waals surface area (Å²) < 4.78 is 23.1. The molecule has 0 aromatic heterocycles. The second-order valence-corrected chi connectivity index (χ2v) is 8.18. The maximum absolute atomic E-state index is 12.3. The number of halogens is 1. The number of hydrogen-bond acceptors (Lipinski definition) is 3. The zero-order valence-electron chi connectivity index (χ0n) is 12.5. The number of sulfone groups is 1. The van der Waals surface area contributed by atoms with Gasteiger partial charge in [0.05, 0.1) is 4.90 Å². The Morgan fingerprint density at radius 2 is 1.91 bits per heavy atom. The van der Waals surface area contributed by atoms with Crippen molar-refractivity contribution < 1.29 is 13.2 Å². The van der Waals surface area contributed by atoms with E-state index in [-0.39, 0.29) is 22.6 Å². The molecule has 1 amide bonds. The number of amides is 1. The predicted octanol–water partition coefficient (Wildman–Crippen LogP) is 3.49. The summed E-state index contributed by atoms with van der Waals surface area (Å²) in [5.74, 6) is -0.112. The van der Waals surface area contributed by atoms with Crippen molar-refractivity contribution in [1.29, 1.82) is 0 Å². The summed E-state index contributed by atoms with van der Waals surface area (Å²) in [4.78, 5) is 12.5. The summed E-state index contributed by atoms with van der Waals surface area (Å²) in [6.07, 6.45) is 1.89. The number of hydrogen-bond donors (Lipinski definition) is 1. The van der Waals surface area contributed by atoms with Crippen LogP contribution >= 0.6 is 11.6 Å². The molecule has 120 valence electrons. The van der Waals surface area contributed by atoms with Crippen molar-refractivity contribution in [3.8, 4) is 0 Å². The van der Waals surface area contributed by atoms with Crippen LogP contribution in [0.1, 0.15) is 17.9 Å². The highest BCUT2D eigenvalue weighted by Crippen LogP contribution is 2.50. The van der Waals surface area contributed by atoms with Crippen molar-refractivity contribution in [2.45, 2.75) is 17.2 Å². The summed E-state index contributed by atoms with van der Waals surface area (Å²) in [5.41, 5.74) is 1.47. The fourth-order valence-corrected chi connectivity index (χ4v) is 3.59. The fourth-order valence-electron chi connectivity index (χ4n) is 2.64. The molecule has 1 saturated carbocycles. The Kier molecular flexibility index (Phi) is 4.17. The van der Waals surface area contributed by atoms with Gasteiger partial charge in [-0.25, -0.2) is 8.42 Å². The molecule has 1 aliphatic rings. The maximum atomic E-state index is 12.3. The standard InChI is InChI=1S/C17H16ClNO3S/c1-23(21,22)12-6-4-5-11(9-12)19-17(20)15-10-14(15)13-7-2-3-8-16(13)18/h2-9,14-15H,10H2,1H3,(H,19,20). The molecule has 6 heteroatoms. The lowest BCUT2D eigenvalue weighted by molar-refractivity contribution is -0.117. The van der Waals surface area contributed by atoms with E-state index < -0.39 is 9.84 Å². The van der Waals surface area contributed by atoms with Gasteiger partial charge in [-0.1, -0.05) is 35.9 Å². The minimum absolute atomic E-state index is 0.111. The van der Waals surface area contributed by atoms with Gasteiger partial charge in [-0.05, 0) is 42.2 Å². The summed E-state index contributed by atoms with van der Waals surface area (Å²) in [7, 11) is -3.29. The van der Waals surface area contributed by atoms with E-state index >= 15 is 0 Å². The molecule has 3 rings (SSSR count). The average molecular weight is 350 g/mol. The van der Waals surface area contributed by atoms with Crippen molar-refractivity contribution in [2.24, 2.45) is 5.92 Å². The molecule has 2 unspecified atom stereocenters. The van der Waals surface area contributed by atoms with Gasteiger partial charge in [0.25, 0.3) is 0 Å². The average Bonchev–Trinajstić information content (AvgIpc) is 3.27. The minimum Gasteiger partial charge on any atom is -0.326 e. The summed E-state index contributed by atoms with van der Waals surface area (Å²) >= 11 is 6.16. The summed E-state index contributed by atoms with van der Waals surface area (Å²) in [5, 5.41) is 3.46. The van der Waals surface area contributed by atoms with E-state index in [1.807, 2.05) is 24.3 Å². The molecule has 0 aliphatic heterocycles. The lowest BCUT2D eigenvalue weighted by atomic mass is 10.1. The van der Waals surface area contributed by atoms with Crippen LogP contribution in [0.4, 0.5) is 5.69 Å².